The molecule has 1 aliphatic heterocycles. The van der Waals surface area contributed by atoms with Crippen LogP contribution in [0.1, 0.15) is 26.5 Å². The number of fused-ring (bicyclic) bond motifs is 5. The Balaban J connectivity index is 1.51. The predicted octanol–water partition coefficient (Wildman–Crippen LogP) is 4.42. The molecular formula is C22H17Br2ClN2O4S. The van der Waals surface area contributed by atoms with Crippen molar-refractivity contribution in [1.82, 2.24) is 10.0 Å². The third kappa shape index (κ3) is 3.40. The highest BCUT2D eigenvalue weighted by Gasteiger charge is 2.67. The molecule has 2 saturated carbocycles. The van der Waals surface area contributed by atoms with Crippen molar-refractivity contribution in [3.8, 4) is 0 Å². The van der Waals surface area contributed by atoms with Crippen molar-refractivity contribution in [3.05, 3.63) is 57.2 Å². The van der Waals surface area contributed by atoms with Crippen molar-refractivity contribution in [3.63, 3.8) is 0 Å². The van der Waals surface area contributed by atoms with Gasteiger partial charge < -0.3 is 0 Å². The first-order valence-corrected chi connectivity index (χ1v) is 13.2. The summed E-state index contributed by atoms with van der Waals surface area (Å²) in [6.45, 7) is -0.399. The molecular weight excluding hydrogens is 584 g/mol. The van der Waals surface area contributed by atoms with Crippen LogP contribution in [0.25, 0.3) is 0 Å². The van der Waals surface area contributed by atoms with Crippen LogP contribution < -0.4 is 0 Å². The monoisotopic (exact) mass is 598 g/mol. The fourth-order valence-corrected chi connectivity index (χ4v) is 7.85. The second-order valence-electron chi connectivity index (χ2n) is 8.26. The Labute approximate surface area is 210 Å². The molecule has 3 aliphatic rings. The van der Waals surface area contributed by atoms with Crippen LogP contribution in [0.5, 0.6) is 0 Å². The number of benzene rings is 1. The zero-order chi connectivity index (χ0) is 22.7. The topological polar surface area (TPSA) is 74.8 Å². The molecule has 2 bridgehead atoms. The Morgan fingerprint density at radius 3 is 2.16 bits per heavy atom. The van der Waals surface area contributed by atoms with Crippen LogP contribution in [-0.2, 0) is 9.59 Å². The van der Waals surface area contributed by atoms with Crippen LogP contribution in [0.2, 0.25) is 5.02 Å². The number of nitrogens with zero attached hydrogens (tertiary/aromatic N) is 2. The molecule has 0 unspecified atom stereocenters. The molecule has 6 atom stereocenters. The average molecular weight is 601 g/mol. The fourth-order valence-electron chi connectivity index (χ4n) is 5.20. The van der Waals surface area contributed by atoms with Crippen molar-refractivity contribution in [1.29, 1.82) is 0 Å². The first-order valence-electron chi connectivity index (χ1n) is 10.1. The van der Waals surface area contributed by atoms with Gasteiger partial charge in [-0.25, -0.2) is 5.01 Å². The van der Waals surface area contributed by atoms with Gasteiger partial charge in [0.1, 0.15) is 6.54 Å². The van der Waals surface area contributed by atoms with Gasteiger partial charge in [-0.3, -0.25) is 19.2 Å². The van der Waals surface area contributed by atoms with Crippen LogP contribution in [0.4, 0.5) is 0 Å². The van der Waals surface area contributed by atoms with Gasteiger partial charge in [-0.05, 0) is 54.0 Å². The predicted molar refractivity (Wildman–Crippen MR) is 127 cm³/mol. The molecule has 1 aromatic heterocycles. The third-order valence-corrected chi connectivity index (χ3v) is 11.0. The van der Waals surface area contributed by atoms with Gasteiger partial charge >= 0.3 is 0 Å². The van der Waals surface area contributed by atoms with E-state index in [0.29, 0.717) is 9.90 Å². The van der Waals surface area contributed by atoms with Crippen LogP contribution in [-0.4, -0.2) is 49.7 Å². The molecule has 3 fully saturated rings. The van der Waals surface area contributed by atoms with E-state index in [9.17, 15) is 19.2 Å². The molecule has 5 rings (SSSR count). The standard InChI is InChI=1S/C22H17Br2ClN2O4S/c23-18-12-8-13(19(18)24)17-16(12)21(30)27(22(17)31)26(9-14(28)15-2-1-7-32-15)20(29)10-3-5-11(25)6-4-10/h1-7,12-13,16-19H,8-9H2/t12-,13-,16-,17+,18+,19+/m1/s1. The van der Waals surface area contributed by atoms with E-state index in [-0.39, 0.29) is 32.8 Å². The number of imide groups is 1. The number of Topliss-reactive ketones (excluding diaryl/α,β-unsaturated/α-hetero) is 1. The Kier molecular flexibility index (Phi) is 5.80. The molecule has 6 nitrogen and oxygen atoms in total. The quantitative estimate of drug-likeness (QED) is 0.290. The van der Waals surface area contributed by atoms with Crippen LogP contribution in [0, 0.1) is 23.7 Å². The number of hydrogen-bond donors (Lipinski definition) is 0. The van der Waals surface area contributed by atoms with Gasteiger partial charge in [0.2, 0.25) is 0 Å². The van der Waals surface area contributed by atoms with E-state index < -0.39 is 36.1 Å². The highest BCUT2D eigenvalue weighted by Crippen LogP contribution is 2.60. The van der Waals surface area contributed by atoms with Crippen molar-refractivity contribution < 1.29 is 19.2 Å². The summed E-state index contributed by atoms with van der Waals surface area (Å²) in [6, 6.07) is 9.55. The van der Waals surface area contributed by atoms with Gasteiger partial charge in [-0.2, -0.15) is 5.01 Å². The number of alkyl halides is 2. The first kappa shape index (κ1) is 22.3. The smallest absolute Gasteiger partial charge is 0.273 e. The van der Waals surface area contributed by atoms with Crippen LogP contribution >= 0.6 is 54.8 Å². The number of carbonyl (C=O) groups is 4. The molecule has 3 amide bonds. The molecule has 32 heavy (non-hydrogen) atoms. The molecule has 0 spiro atoms. The Morgan fingerprint density at radius 2 is 1.62 bits per heavy atom. The maximum Gasteiger partial charge on any atom is 0.273 e. The second kappa shape index (κ2) is 8.34. The van der Waals surface area contributed by atoms with E-state index in [1.54, 1.807) is 29.6 Å². The lowest BCUT2D eigenvalue weighted by Crippen LogP contribution is -2.52. The van der Waals surface area contributed by atoms with Crippen molar-refractivity contribution >= 4 is 78.3 Å². The highest BCUT2D eigenvalue weighted by molar-refractivity contribution is 9.12. The summed E-state index contributed by atoms with van der Waals surface area (Å²) in [6.07, 6.45) is 0.783. The van der Waals surface area contributed by atoms with Gasteiger partial charge in [-0.15, -0.1) is 11.3 Å². The normalized spacial score (nSPS) is 30.7. The summed E-state index contributed by atoms with van der Waals surface area (Å²) in [5.74, 6) is -2.68. The fraction of sp³-hybridized carbons (Fsp3) is 0.364. The van der Waals surface area contributed by atoms with E-state index >= 15 is 0 Å². The minimum absolute atomic E-state index is 0.0105. The summed E-state index contributed by atoms with van der Waals surface area (Å²) in [5.41, 5.74) is 0.241. The van der Waals surface area contributed by atoms with Gasteiger partial charge in [0.25, 0.3) is 17.7 Å². The molecule has 0 radical (unpaired) electrons. The number of hydrazine groups is 1. The summed E-state index contributed by atoms with van der Waals surface area (Å²) in [7, 11) is 0. The maximum atomic E-state index is 13.5. The van der Waals surface area contributed by atoms with E-state index in [4.69, 9.17) is 11.6 Å². The number of ketones is 1. The van der Waals surface area contributed by atoms with Gasteiger partial charge in [0, 0.05) is 20.2 Å². The van der Waals surface area contributed by atoms with E-state index in [0.717, 1.165) is 16.4 Å². The lowest BCUT2D eigenvalue weighted by Gasteiger charge is -2.30. The van der Waals surface area contributed by atoms with Crippen molar-refractivity contribution in [2.24, 2.45) is 23.7 Å². The maximum absolute atomic E-state index is 13.5. The summed E-state index contributed by atoms with van der Waals surface area (Å²) >= 11 is 14.5. The second-order valence-corrected chi connectivity index (χ2v) is 11.8. The van der Waals surface area contributed by atoms with Gasteiger partial charge in [0.15, 0.2) is 5.78 Å². The first-order chi connectivity index (χ1) is 15.3. The molecule has 2 aromatic rings. The van der Waals surface area contributed by atoms with Crippen LogP contribution in [0.3, 0.4) is 0 Å². The minimum atomic E-state index is -0.591. The van der Waals surface area contributed by atoms with Crippen molar-refractivity contribution in [2.45, 2.75) is 16.1 Å². The number of thiophene rings is 1. The molecule has 2 aliphatic carbocycles. The molecule has 2 heterocycles. The summed E-state index contributed by atoms with van der Waals surface area (Å²) < 4.78 is 0. The van der Waals surface area contributed by atoms with E-state index in [1.807, 2.05) is 0 Å². The number of hydrogen-bond acceptors (Lipinski definition) is 5. The Bertz CT molecular complexity index is 1080. The number of amides is 3. The van der Waals surface area contributed by atoms with Gasteiger partial charge in [-0.1, -0.05) is 49.5 Å². The highest BCUT2D eigenvalue weighted by atomic mass is 79.9. The van der Waals surface area contributed by atoms with Crippen molar-refractivity contribution in [2.75, 3.05) is 6.54 Å². The minimum Gasteiger partial charge on any atom is -0.291 e. The zero-order valence-electron chi connectivity index (χ0n) is 16.5. The average Bonchev–Trinajstić information content (AvgIpc) is 3.54. The summed E-state index contributed by atoms with van der Waals surface area (Å²) in [5, 5.41) is 4.16. The molecule has 1 saturated heterocycles. The number of carbonyl (C=O) groups excluding carboxylic acids is 4. The summed E-state index contributed by atoms with van der Waals surface area (Å²) in [4.78, 5) is 53.9. The SMILES string of the molecule is O=C(CN(C(=O)c1ccc(Cl)cc1)N1C(=O)[C@@H]2[C@H]3C[C@@H]([C@H](Br)[C@H]3Br)[C@@H]2C1=O)c1cccs1. The number of halogens is 3. The molecule has 10 heteroatoms. The van der Waals surface area contributed by atoms with E-state index in [2.05, 4.69) is 31.9 Å². The van der Waals surface area contributed by atoms with Crippen LogP contribution in [0.15, 0.2) is 41.8 Å². The lowest BCUT2D eigenvalue weighted by molar-refractivity contribution is -0.154. The van der Waals surface area contributed by atoms with Gasteiger partial charge in [0.05, 0.1) is 16.7 Å². The molecule has 0 N–H and O–H groups in total. The Morgan fingerprint density at radius 1 is 1.03 bits per heavy atom. The third-order valence-electron chi connectivity index (χ3n) is 6.62. The molecule has 166 valence electrons. The zero-order valence-corrected chi connectivity index (χ0v) is 21.2. The van der Waals surface area contributed by atoms with E-state index in [1.165, 1.54) is 23.5 Å². The largest absolute Gasteiger partial charge is 0.291 e. The number of rotatable bonds is 5. The Hall–Kier alpha value is -1.55. The molecule has 1 aromatic carbocycles. The lowest BCUT2D eigenvalue weighted by atomic mass is 9.81.